The minimum Gasteiger partial charge on any atom is -0.497 e. The van der Waals surface area contributed by atoms with Gasteiger partial charge >= 0.3 is 0 Å². The number of carbonyl (C=O) groups excluding carboxylic acids is 1. The molecule has 0 aromatic heterocycles. The normalized spacial score (nSPS) is 11.0. The molecule has 0 heterocycles. The van der Waals surface area contributed by atoms with Gasteiger partial charge in [0.15, 0.2) is 0 Å². The second kappa shape index (κ2) is 9.19. The van der Waals surface area contributed by atoms with E-state index in [0.717, 1.165) is 16.9 Å². The van der Waals surface area contributed by atoms with Crippen molar-refractivity contribution in [3.63, 3.8) is 0 Å². The number of hydrogen-bond donors (Lipinski definition) is 2. The van der Waals surface area contributed by atoms with Crippen LogP contribution in [0.1, 0.15) is 21.5 Å². The lowest BCUT2D eigenvalue weighted by molar-refractivity contribution is 0.0951. The van der Waals surface area contributed by atoms with Crippen LogP contribution in [0.5, 0.6) is 5.75 Å². The molecule has 0 spiro atoms. The highest BCUT2D eigenvalue weighted by molar-refractivity contribution is 7.92. The third kappa shape index (κ3) is 5.31. The molecule has 0 radical (unpaired) electrons. The van der Waals surface area contributed by atoms with Crippen LogP contribution >= 0.6 is 11.6 Å². The van der Waals surface area contributed by atoms with Crippen molar-refractivity contribution in [2.75, 3.05) is 11.8 Å². The van der Waals surface area contributed by atoms with Crippen LogP contribution in [0.15, 0.2) is 71.6 Å². The molecule has 0 aliphatic carbocycles. The molecule has 2 N–H and O–H groups in total. The van der Waals surface area contributed by atoms with E-state index >= 15 is 0 Å². The topological polar surface area (TPSA) is 84.5 Å². The van der Waals surface area contributed by atoms with Crippen molar-refractivity contribution in [2.45, 2.75) is 18.4 Å². The van der Waals surface area contributed by atoms with E-state index in [1.807, 2.05) is 19.1 Å². The maximum absolute atomic E-state index is 12.6. The zero-order chi connectivity index (χ0) is 21.7. The zero-order valence-electron chi connectivity index (χ0n) is 16.5. The van der Waals surface area contributed by atoms with Crippen molar-refractivity contribution in [2.24, 2.45) is 0 Å². The molecule has 3 aromatic carbocycles. The van der Waals surface area contributed by atoms with Crippen LogP contribution in [0.3, 0.4) is 0 Å². The molecule has 0 atom stereocenters. The lowest BCUT2D eigenvalue weighted by Crippen LogP contribution is -2.23. The quantitative estimate of drug-likeness (QED) is 0.566. The zero-order valence-corrected chi connectivity index (χ0v) is 18.0. The summed E-state index contributed by atoms with van der Waals surface area (Å²) in [5.74, 6) is 0.314. The van der Waals surface area contributed by atoms with E-state index in [0.29, 0.717) is 6.54 Å². The Labute approximate surface area is 180 Å². The third-order valence-electron chi connectivity index (χ3n) is 4.41. The minimum atomic E-state index is -3.78. The van der Waals surface area contributed by atoms with Crippen molar-refractivity contribution in [1.82, 2.24) is 5.32 Å². The summed E-state index contributed by atoms with van der Waals surface area (Å²) in [6, 6.07) is 18.2. The van der Waals surface area contributed by atoms with Gasteiger partial charge in [-0.3, -0.25) is 9.52 Å². The second-order valence-corrected chi connectivity index (χ2v) is 8.73. The summed E-state index contributed by atoms with van der Waals surface area (Å²) in [6.45, 7) is 2.17. The summed E-state index contributed by atoms with van der Waals surface area (Å²) in [6.07, 6.45) is 0. The molecule has 0 saturated heterocycles. The van der Waals surface area contributed by atoms with Gasteiger partial charge in [0.25, 0.3) is 15.9 Å². The Kier molecular flexibility index (Phi) is 6.64. The Morgan fingerprint density at radius 3 is 2.30 bits per heavy atom. The van der Waals surface area contributed by atoms with Crippen molar-refractivity contribution in [1.29, 1.82) is 0 Å². The van der Waals surface area contributed by atoms with Crippen LogP contribution in [0.25, 0.3) is 0 Å². The Bertz CT molecular complexity index is 1140. The van der Waals surface area contributed by atoms with Crippen LogP contribution in [-0.4, -0.2) is 21.4 Å². The average Bonchev–Trinajstić information content (AvgIpc) is 2.74. The molecule has 0 unspecified atom stereocenters. The number of ether oxygens (including phenoxy) is 1. The van der Waals surface area contributed by atoms with Crippen molar-refractivity contribution >= 4 is 33.2 Å². The SMILES string of the molecule is COc1ccc(CNC(=O)c2cc(NS(=O)(=O)c3ccc(C)cc3)ccc2Cl)cc1. The van der Waals surface area contributed by atoms with Crippen LogP contribution < -0.4 is 14.8 Å². The fraction of sp³-hybridized carbons (Fsp3) is 0.136. The molecule has 0 fully saturated rings. The van der Waals surface area contributed by atoms with E-state index in [-0.39, 0.29) is 21.2 Å². The van der Waals surface area contributed by atoms with Crippen molar-refractivity contribution in [3.8, 4) is 5.75 Å². The number of methoxy groups -OCH3 is 1. The number of aryl methyl sites for hydroxylation is 1. The third-order valence-corrected chi connectivity index (χ3v) is 6.13. The largest absolute Gasteiger partial charge is 0.497 e. The highest BCUT2D eigenvalue weighted by Crippen LogP contribution is 2.23. The van der Waals surface area contributed by atoms with Gasteiger partial charge in [-0.1, -0.05) is 41.4 Å². The highest BCUT2D eigenvalue weighted by atomic mass is 35.5. The first kappa shape index (κ1) is 21.7. The summed E-state index contributed by atoms with van der Waals surface area (Å²) in [7, 11) is -2.20. The molecule has 3 aromatic rings. The minimum absolute atomic E-state index is 0.133. The summed E-state index contributed by atoms with van der Waals surface area (Å²) in [5, 5.41) is 3.00. The number of anilines is 1. The van der Waals surface area contributed by atoms with E-state index < -0.39 is 15.9 Å². The molecular weight excluding hydrogens is 424 g/mol. The van der Waals surface area contributed by atoms with Gasteiger partial charge in [-0.25, -0.2) is 8.42 Å². The molecule has 0 aliphatic rings. The maximum Gasteiger partial charge on any atom is 0.261 e. The van der Waals surface area contributed by atoms with Gasteiger partial charge in [0.2, 0.25) is 0 Å². The maximum atomic E-state index is 12.6. The van der Waals surface area contributed by atoms with Gasteiger partial charge in [-0.05, 0) is 55.0 Å². The van der Waals surface area contributed by atoms with Gasteiger partial charge in [-0.2, -0.15) is 0 Å². The van der Waals surface area contributed by atoms with Crippen LogP contribution in [0.2, 0.25) is 5.02 Å². The molecule has 6 nitrogen and oxygen atoms in total. The van der Waals surface area contributed by atoms with Crippen LogP contribution in [0, 0.1) is 6.92 Å². The van der Waals surface area contributed by atoms with Crippen molar-refractivity contribution in [3.05, 3.63) is 88.4 Å². The number of hydrogen-bond acceptors (Lipinski definition) is 4. The molecule has 156 valence electrons. The second-order valence-electron chi connectivity index (χ2n) is 6.64. The molecule has 8 heteroatoms. The predicted octanol–water partition coefficient (Wildman–Crippen LogP) is 4.39. The standard InChI is InChI=1S/C22H21ClN2O4S/c1-15-3-10-19(11-4-15)30(27,28)25-17-7-12-21(23)20(13-17)22(26)24-14-16-5-8-18(29-2)9-6-16/h3-13,25H,14H2,1-2H3,(H,24,26). The summed E-state index contributed by atoms with van der Waals surface area (Å²) < 4.78 is 32.8. The first-order valence-electron chi connectivity index (χ1n) is 9.08. The van der Waals surface area contributed by atoms with E-state index in [1.165, 1.54) is 30.3 Å². The van der Waals surface area contributed by atoms with Crippen molar-refractivity contribution < 1.29 is 17.9 Å². The number of nitrogens with one attached hydrogen (secondary N) is 2. The molecule has 30 heavy (non-hydrogen) atoms. The molecule has 3 rings (SSSR count). The summed E-state index contributed by atoms with van der Waals surface area (Å²) in [4.78, 5) is 12.7. The first-order valence-corrected chi connectivity index (χ1v) is 10.9. The Hall–Kier alpha value is -3.03. The lowest BCUT2D eigenvalue weighted by atomic mass is 10.1. The molecular formula is C22H21ClN2O4S. The Morgan fingerprint density at radius 2 is 1.67 bits per heavy atom. The first-order chi connectivity index (χ1) is 14.3. The number of sulfonamides is 1. The number of amides is 1. The number of carbonyl (C=O) groups is 1. The van der Waals surface area contributed by atoms with Gasteiger partial charge in [0.05, 0.1) is 22.6 Å². The summed E-state index contributed by atoms with van der Waals surface area (Å²) in [5.41, 5.74) is 2.26. The van der Waals surface area contributed by atoms with E-state index in [9.17, 15) is 13.2 Å². The van der Waals surface area contributed by atoms with Crippen LogP contribution in [0.4, 0.5) is 5.69 Å². The molecule has 0 bridgehead atoms. The molecule has 0 aliphatic heterocycles. The van der Waals surface area contributed by atoms with Gasteiger partial charge in [0, 0.05) is 12.2 Å². The smallest absolute Gasteiger partial charge is 0.261 e. The van der Waals surface area contributed by atoms with Gasteiger partial charge in [-0.15, -0.1) is 0 Å². The monoisotopic (exact) mass is 444 g/mol. The lowest BCUT2D eigenvalue weighted by Gasteiger charge is -2.12. The fourth-order valence-electron chi connectivity index (χ4n) is 2.72. The highest BCUT2D eigenvalue weighted by Gasteiger charge is 2.17. The average molecular weight is 445 g/mol. The summed E-state index contributed by atoms with van der Waals surface area (Å²) >= 11 is 6.16. The number of benzene rings is 3. The number of rotatable bonds is 7. The van der Waals surface area contributed by atoms with E-state index in [4.69, 9.17) is 16.3 Å². The van der Waals surface area contributed by atoms with Gasteiger partial charge < -0.3 is 10.1 Å². The van der Waals surface area contributed by atoms with E-state index in [1.54, 1.807) is 31.4 Å². The Balaban J connectivity index is 1.73. The molecule has 0 saturated carbocycles. The molecule has 1 amide bonds. The number of halogens is 1. The van der Waals surface area contributed by atoms with E-state index in [2.05, 4.69) is 10.0 Å². The fourth-order valence-corrected chi connectivity index (χ4v) is 3.97. The van der Waals surface area contributed by atoms with Gasteiger partial charge in [0.1, 0.15) is 5.75 Å². The predicted molar refractivity (Wildman–Crippen MR) is 118 cm³/mol. The Morgan fingerprint density at radius 1 is 1.00 bits per heavy atom. The van der Waals surface area contributed by atoms with Crippen LogP contribution in [-0.2, 0) is 16.6 Å².